The van der Waals surface area contributed by atoms with Gasteiger partial charge in [0, 0.05) is 26.0 Å². The first-order valence-corrected chi connectivity index (χ1v) is 7.71. The monoisotopic (exact) mass is 370 g/mol. The predicted octanol–water partition coefficient (Wildman–Crippen LogP) is 1.07. The fourth-order valence-electron chi connectivity index (χ4n) is 2.40. The van der Waals surface area contributed by atoms with Gasteiger partial charge in [-0.05, 0) is 23.8 Å². The molecule has 0 amide bonds. The molecule has 26 heavy (non-hydrogen) atoms. The Morgan fingerprint density at radius 2 is 1.69 bits per heavy atom. The fourth-order valence-corrected chi connectivity index (χ4v) is 2.40. The number of rotatable bonds is 4. The van der Waals surface area contributed by atoms with Crippen LogP contribution in [0.5, 0.6) is 5.75 Å². The van der Waals surface area contributed by atoms with E-state index in [2.05, 4.69) is 0 Å². The quantitative estimate of drug-likeness (QED) is 0.387. The van der Waals surface area contributed by atoms with Crippen LogP contribution in [0.15, 0.2) is 30.3 Å². The highest BCUT2D eigenvalue weighted by molar-refractivity contribution is 5.87. The Morgan fingerprint density at radius 3 is 2.23 bits per heavy atom. The Balaban J connectivity index is 0.000000765. The third-order valence-corrected chi connectivity index (χ3v) is 3.68. The normalized spacial score (nSPS) is 25.2. The number of hydrogen-bond acceptors (Lipinski definition) is 7. The fraction of sp³-hybridized carbons (Fsp3) is 0.412. The summed E-state index contributed by atoms with van der Waals surface area (Å²) in [6.07, 6.45) is -1.54. The van der Waals surface area contributed by atoms with Gasteiger partial charge >= 0.3 is 12.1 Å². The van der Waals surface area contributed by atoms with E-state index in [9.17, 15) is 20.1 Å². The zero-order chi connectivity index (χ0) is 19.7. The lowest BCUT2D eigenvalue weighted by Gasteiger charge is -2.35. The smallest absolute Gasteiger partial charge is 0.503 e. The molecule has 1 aliphatic carbocycles. The Kier molecular flexibility index (Phi) is 8.56. The number of aromatic hydroxyl groups is 1. The minimum absolute atomic E-state index is 0.143. The van der Waals surface area contributed by atoms with Crippen molar-refractivity contribution in [1.82, 2.24) is 0 Å². The van der Waals surface area contributed by atoms with Crippen LogP contribution >= 0.6 is 0 Å². The standard InChI is InChI=1S/C16H20O6.CH2O3/c1-21-12-8-13(18)16(20)14(9-12)22-15(19)7-4-10-2-5-11(17)6-3-10;2-1(3)4/h2-7,12-14,16-18,20H,8-9H2,1H3;(H2,2,3,4)/b7-4+;/t12-,13-,14+,16+;/m0./s1. The Bertz CT molecular complexity index is 607. The summed E-state index contributed by atoms with van der Waals surface area (Å²) in [5.74, 6) is -0.467. The number of benzene rings is 1. The molecule has 0 aliphatic heterocycles. The first-order valence-electron chi connectivity index (χ1n) is 7.71. The first-order chi connectivity index (χ1) is 12.2. The topological polar surface area (TPSA) is 154 Å². The number of methoxy groups -OCH3 is 1. The molecular weight excluding hydrogens is 348 g/mol. The van der Waals surface area contributed by atoms with Gasteiger partial charge in [0.05, 0.1) is 12.2 Å². The van der Waals surface area contributed by atoms with Gasteiger partial charge in [0.25, 0.3) is 0 Å². The lowest BCUT2D eigenvalue weighted by molar-refractivity contribution is -0.168. The molecule has 0 radical (unpaired) electrons. The maximum Gasteiger partial charge on any atom is 0.503 e. The number of carbonyl (C=O) groups excluding carboxylic acids is 1. The lowest BCUT2D eigenvalue weighted by Crippen LogP contribution is -2.48. The molecule has 0 unspecified atom stereocenters. The summed E-state index contributed by atoms with van der Waals surface area (Å²) in [6.45, 7) is 0. The molecule has 1 fully saturated rings. The van der Waals surface area contributed by atoms with Gasteiger partial charge in [-0.1, -0.05) is 12.1 Å². The molecule has 9 nitrogen and oxygen atoms in total. The predicted molar refractivity (Wildman–Crippen MR) is 89.7 cm³/mol. The SMILES string of the molecule is CO[C@H]1C[C@H](O)[C@@H](O)[C@H](OC(=O)/C=C/c2ccc(O)cc2)C1.O=C(O)O. The van der Waals surface area contributed by atoms with Crippen molar-refractivity contribution in [3.8, 4) is 5.75 Å². The van der Waals surface area contributed by atoms with Gasteiger partial charge in [0.2, 0.25) is 0 Å². The van der Waals surface area contributed by atoms with Gasteiger partial charge in [-0.15, -0.1) is 0 Å². The number of esters is 1. The van der Waals surface area contributed by atoms with Crippen molar-refractivity contribution in [2.24, 2.45) is 0 Å². The number of aliphatic hydroxyl groups is 2. The van der Waals surface area contributed by atoms with Crippen LogP contribution in [-0.2, 0) is 14.3 Å². The van der Waals surface area contributed by atoms with Crippen molar-refractivity contribution in [3.05, 3.63) is 35.9 Å². The van der Waals surface area contributed by atoms with E-state index < -0.39 is 30.4 Å². The average molecular weight is 370 g/mol. The summed E-state index contributed by atoms with van der Waals surface area (Å²) in [5, 5.41) is 42.7. The number of phenolic OH excluding ortho intramolecular Hbond substituents is 1. The second kappa shape index (κ2) is 10.4. The molecule has 144 valence electrons. The molecule has 0 aromatic heterocycles. The zero-order valence-corrected chi connectivity index (χ0v) is 14.1. The number of phenols is 1. The number of carboxylic acid groups (broad SMARTS) is 2. The summed E-state index contributed by atoms with van der Waals surface area (Å²) in [5.41, 5.74) is 0.730. The number of hydrogen-bond donors (Lipinski definition) is 5. The van der Waals surface area contributed by atoms with Gasteiger partial charge in [-0.3, -0.25) is 0 Å². The molecule has 0 saturated heterocycles. The highest BCUT2D eigenvalue weighted by atomic mass is 16.6. The molecule has 0 heterocycles. The van der Waals surface area contributed by atoms with Crippen LogP contribution < -0.4 is 0 Å². The average Bonchev–Trinajstić information content (AvgIpc) is 2.57. The van der Waals surface area contributed by atoms with E-state index in [0.717, 1.165) is 5.56 Å². The van der Waals surface area contributed by atoms with E-state index in [1.165, 1.54) is 25.3 Å². The van der Waals surface area contributed by atoms with Gasteiger partial charge < -0.3 is 35.0 Å². The summed E-state index contributed by atoms with van der Waals surface area (Å²) in [7, 11) is 1.51. The molecule has 1 aromatic carbocycles. The Morgan fingerprint density at radius 1 is 1.12 bits per heavy atom. The van der Waals surface area contributed by atoms with Crippen LogP contribution in [0.1, 0.15) is 18.4 Å². The van der Waals surface area contributed by atoms with E-state index in [0.29, 0.717) is 12.8 Å². The summed E-state index contributed by atoms with van der Waals surface area (Å²) in [4.78, 5) is 20.4. The maximum absolute atomic E-state index is 11.8. The molecule has 4 atom stereocenters. The van der Waals surface area contributed by atoms with Crippen LogP contribution in [0.2, 0.25) is 0 Å². The van der Waals surface area contributed by atoms with E-state index in [4.69, 9.17) is 24.5 Å². The lowest BCUT2D eigenvalue weighted by atomic mass is 9.89. The second-order valence-electron chi connectivity index (χ2n) is 5.57. The molecule has 1 aromatic rings. The molecule has 1 aliphatic rings. The van der Waals surface area contributed by atoms with Crippen LogP contribution in [0.3, 0.4) is 0 Å². The minimum atomic E-state index is -1.83. The number of aliphatic hydroxyl groups excluding tert-OH is 2. The second-order valence-corrected chi connectivity index (χ2v) is 5.57. The van der Waals surface area contributed by atoms with Gasteiger partial charge in [0.1, 0.15) is 18.0 Å². The van der Waals surface area contributed by atoms with Crippen molar-refractivity contribution < 1.29 is 44.6 Å². The van der Waals surface area contributed by atoms with Crippen LogP contribution in [0, 0.1) is 0 Å². The zero-order valence-electron chi connectivity index (χ0n) is 14.1. The minimum Gasteiger partial charge on any atom is -0.508 e. The van der Waals surface area contributed by atoms with Gasteiger partial charge in [0.15, 0.2) is 0 Å². The summed E-state index contributed by atoms with van der Waals surface area (Å²) < 4.78 is 10.3. The van der Waals surface area contributed by atoms with E-state index >= 15 is 0 Å². The highest BCUT2D eigenvalue weighted by Gasteiger charge is 2.38. The van der Waals surface area contributed by atoms with Crippen molar-refractivity contribution in [3.63, 3.8) is 0 Å². The van der Waals surface area contributed by atoms with Crippen molar-refractivity contribution >= 4 is 18.2 Å². The summed E-state index contributed by atoms with van der Waals surface area (Å²) >= 11 is 0. The van der Waals surface area contributed by atoms with Crippen LogP contribution in [-0.4, -0.2) is 69.2 Å². The van der Waals surface area contributed by atoms with E-state index in [1.807, 2.05) is 0 Å². The van der Waals surface area contributed by atoms with Crippen molar-refractivity contribution in [2.45, 2.75) is 37.3 Å². The molecule has 1 saturated carbocycles. The van der Waals surface area contributed by atoms with E-state index in [-0.39, 0.29) is 11.9 Å². The van der Waals surface area contributed by atoms with E-state index in [1.54, 1.807) is 18.2 Å². The largest absolute Gasteiger partial charge is 0.508 e. The van der Waals surface area contributed by atoms with Gasteiger partial charge in [-0.2, -0.15) is 0 Å². The van der Waals surface area contributed by atoms with Crippen molar-refractivity contribution in [1.29, 1.82) is 0 Å². The molecule has 0 spiro atoms. The Hall–Kier alpha value is -2.62. The third kappa shape index (κ3) is 7.51. The number of carbonyl (C=O) groups is 2. The number of ether oxygens (including phenoxy) is 2. The van der Waals surface area contributed by atoms with Gasteiger partial charge in [-0.25, -0.2) is 9.59 Å². The highest BCUT2D eigenvalue weighted by Crippen LogP contribution is 2.24. The maximum atomic E-state index is 11.8. The molecular formula is C17H22O9. The van der Waals surface area contributed by atoms with Crippen LogP contribution in [0.4, 0.5) is 4.79 Å². The molecule has 2 rings (SSSR count). The Labute approximate surface area is 149 Å². The molecule has 9 heteroatoms. The third-order valence-electron chi connectivity index (χ3n) is 3.68. The molecule has 5 N–H and O–H groups in total. The van der Waals surface area contributed by atoms with Crippen molar-refractivity contribution in [2.75, 3.05) is 7.11 Å². The molecule has 0 bridgehead atoms. The first kappa shape index (κ1) is 21.4. The summed E-state index contributed by atoms with van der Waals surface area (Å²) in [6, 6.07) is 6.32. The van der Waals surface area contributed by atoms with Crippen LogP contribution in [0.25, 0.3) is 6.08 Å².